The summed E-state index contributed by atoms with van der Waals surface area (Å²) >= 11 is 0. The molecule has 0 aliphatic carbocycles. The van der Waals surface area contributed by atoms with Crippen LogP contribution in [0.2, 0.25) is 0 Å². The average Bonchev–Trinajstić information content (AvgIpc) is 1.89. The first-order valence-corrected chi connectivity index (χ1v) is 3.02. The van der Waals surface area contributed by atoms with Gasteiger partial charge < -0.3 is 9.47 Å². The minimum absolute atomic E-state index is 0.461. The van der Waals surface area contributed by atoms with Crippen LogP contribution in [0.15, 0.2) is 0 Å². The van der Waals surface area contributed by atoms with E-state index >= 15 is 0 Å². The van der Waals surface area contributed by atoms with Crippen LogP contribution in [0.3, 0.4) is 0 Å². The molecule has 0 saturated heterocycles. The quantitative estimate of drug-likeness (QED) is 0.432. The molecule has 0 bridgehead atoms. The summed E-state index contributed by atoms with van der Waals surface area (Å²) in [5.41, 5.74) is 0. The molecule has 0 spiro atoms. The lowest BCUT2D eigenvalue weighted by atomic mass is 10.4. The maximum absolute atomic E-state index is 10.2. The fourth-order valence-electron chi connectivity index (χ4n) is 0.359. The Morgan fingerprint density at radius 3 is 2.67 bits per heavy atom. The fraction of sp³-hybridized carbons (Fsp3) is 0.833. The van der Waals surface area contributed by atoms with Gasteiger partial charge in [-0.3, -0.25) is 0 Å². The summed E-state index contributed by atoms with van der Waals surface area (Å²) in [4.78, 5) is 10.2. The van der Waals surface area contributed by atoms with Crippen molar-refractivity contribution in [2.75, 3.05) is 13.7 Å². The van der Waals surface area contributed by atoms with Crippen LogP contribution in [-0.4, -0.2) is 19.9 Å². The number of ether oxygens (including phenoxy) is 2. The Labute approximate surface area is 55.0 Å². The molecule has 0 aromatic carbocycles. The van der Waals surface area contributed by atoms with Gasteiger partial charge in [-0.1, -0.05) is 13.3 Å². The maximum atomic E-state index is 10.2. The van der Waals surface area contributed by atoms with Crippen molar-refractivity contribution in [1.29, 1.82) is 0 Å². The zero-order valence-corrected chi connectivity index (χ0v) is 5.85. The Hall–Kier alpha value is -0.730. The van der Waals surface area contributed by atoms with Gasteiger partial charge in [-0.25, -0.2) is 4.79 Å². The number of carbonyl (C=O) groups excluding carboxylic acids is 1. The summed E-state index contributed by atoms with van der Waals surface area (Å²) in [5.74, 6) is 0. The zero-order valence-electron chi connectivity index (χ0n) is 5.85. The molecular formula is C6H12O3. The van der Waals surface area contributed by atoms with E-state index in [4.69, 9.17) is 0 Å². The number of methoxy groups -OCH3 is 1. The molecule has 0 saturated carbocycles. The monoisotopic (exact) mass is 132 g/mol. The lowest BCUT2D eigenvalue weighted by Gasteiger charge is -1.99. The molecule has 0 aromatic heterocycles. The van der Waals surface area contributed by atoms with Gasteiger partial charge in [0.1, 0.15) is 0 Å². The van der Waals surface area contributed by atoms with Crippen molar-refractivity contribution in [3.05, 3.63) is 0 Å². The van der Waals surface area contributed by atoms with Gasteiger partial charge in [0.25, 0.3) is 0 Å². The van der Waals surface area contributed by atoms with E-state index in [1.807, 2.05) is 6.92 Å². The molecule has 0 fully saturated rings. The largest absolute Gasteiger partial charge is 0.507 e. The summed E-state index contributed by atoms with van der Waals surface area (Å²) in [5, 5.41) is 0. The summed E-state index contributed by atoms with van der Waals surface area (Å²) in [6, 6.07) is 0. The Balaban J connectivity index is 2.97. The summed E-state index contributed by atoms with van der Waals surface area (Å²) in [7, 11) is 1.30. The predicted octanol–water partition coefficient (Wildman–Crippen LogP) is 1.57. The van der Waals surface area contributed by atoms with E-state index in [-0.39, 0.29) is 0 Å². The number of rotatable bonds is 3. The predicted molar refractivity (Wildman–Crippen MR) is 33.3 cm³/mol. The molecule has 0 aromatic rings. The van der Waals surface area contributed by atoms with Crippen molar-refractivity contribution in [3.63, 3.8) is 0 Å². The van der Waals surface area contributed by atoms with Gasteiger partial charge in [0, 0.05) is 0 Å². The third-order valence-corrected chi connectivity index (χ3v) is 0.884. The van der Waals surface area contributed by atoms with E-state index in [2.05, 4.69) is 9.47 Å². The molecule has 9 heavy (non-hydrogen) atoms. The lowest BCUT2D eigenvalue weighted by molar-refractivity contribution is 0.0717. The molecule has 0 N–H and O–H groups in total. The fourth-order valence-corrected chi connectivity index (χ4v) is 0.359. The molecule has 0 unspecified atom stereocenters. The van der Waals surface area contributed by atoms with Gasteiger partial charge in [-0.05, 0) is 6.42 Å². The standard InChI is InChI=1S/C6H12O3/c1-3-4-5-9-6(7)8-2/h3-5H2,1-2H3. The second-order valence-corrected chi connectivity index (χ2v) is 1.66. The van der Waals surface area contributed by atoms with Crippen LogP contribution in [-0.2, 0) is 9.47 Å². The second-order valence-electron chi connectivity index (χ2n) is 1.66. The summed E-state index contributed by atoms with van der Waals surface area (Å²) < 4.78 is 8.81. The Morgan fingerprint density at radius 2 is 2.22 bits per heavy atom. The molecule has 0 rings (SSSR count). The minimum Gasteiger partial charge on any atom is -0.438 e. The molecule has 3 nitrogen and oxygen atoms in total. The molecule has 0 radical (unpaired) electrons. The smallest absolute Gasteiger partial charge is 0.438 e. The van der Waals surface area contributed by atoms with E-state index in [9.17, 15) is 4.79 Å². The average molecular weight is 132 g/mol. The molecular weight excluding hydrogens is 120 g/mol. The summed E-state index contributed by atoms with van der Waals surface area (Å²) in [6.07, 6.45) is 1.33. The van der Waals surface area contributed by atoms with Crippen molar-refractivity contribution in [1.82, 2.24) is 0 Å². The lowest BCUT2D eigenvalue weighted by Crippen LogP contribution is -2.04. The summed E-state index contributed by atoms with van der Waals surface area (Å²) in [6.45, 7) is 2.49. The molecule has 54 valence electrons. The SMILES string of the molecule is CCCCOC(=O)OC. The van der Waals surface area contributed by atoms with Crippen LogP contribution in [0.25, 0.3) is 0 Å². The molecule has 3 heteroatoms. The van der Waals surface area contributed by atoms with Gasteiger partial charge in [-0.2, -0.15) is 0 Å². The maximum Gasteiger partial charge on any atom is 0.507 e. The van der Waals surface area contributed by atoms with E-state index in [0.29, 0.717) is 6.61 Å². The minimum atomic E-state index is -0.594. The van der Waals surface area contributed by atoms with Gasteiger partial charge in [0.05, 0.1) is 13.7 Å². The van der Waals surface area contributed by atoms with Crippen molar-refractivity contribution in [3.8, 4) is 0 Å². The Kier molecular flexibility index (Phi) is 4.97. The van der Waals surface area contributed by atoms with Crippen LogP contribution in [0.4, 0.5) is 4.79 Å². The van der Waals surface area contributed by atoms with Gasteiger partial charge in [0.2, 0.25) is 0 Å². The Morgan fingerprint density at radius 1 is 1.56 bits per heavy atom. The highest BCUT2D eigenvalue weighted by Gasteiger charge is 1.96. The van der Waals surface area contributed by atoms with E-state index in [1.54, 1.807) is 0 Å². The first-order chi connectivity index (χ1) is 4.31. The van der Waals surface area contributed by atoms with Crippen LogP contribution in [0.5, 0.6) is 0 Å². The van der Waals surface area contributed by atoms with E-state index in [0.717, 1.165) is 12.8 Å². The van der Waals surface area contributed by atoms with Crippen LogP contribution < -0.4 is 0 Å². The third kappa shape index (κ3) is 5.14. The normalized spacial score (nSPS) is 8.67. The molecule has 0 aliphatic heterocycles. The first kappa shape index (κ1) is 8.27. The van der Waals surface area contributed by atoms with Gasteiger partial charge >= 0.3 is 6.16 Å². The van der Waals surface area contributed by atoms with Crippen LogP contribution >= 0.6 is 0 Å². The second kappa shape index (κ2) is 5.41. The number of hydrogen-bond donors (Lipinski definition) is 0. The molecule has 0 aliphatic rings. The van der Waals surface area contributed by atoms with Gasteiger partial charge in [-0.15, -0.1) is 0 Å². The van der Waals surface area contributed by atoms with Crippen molar-refractivity contribution in [2.24, 2.45) is 0 Å². The number of hydrogen-bond acceptors (Lipinski definition) is 3. The van der Waals surface area contributed by atoms with Crippen molar-refractivity contribution in [2.45, 2.75) is 19.8 Å². The highest BCUT2D eigenvalue weighted by Crippen LogP contribution is 1.89. The van der Waals surface area contributed by atoms with E-state index < -0.39 is 6.16 Å². The van der Waals surface area contributed by atoms with Crippen molar-refractivity contribution >= 4 is 6.16 Å². The van der Waals surface area contributed by atoms with E-state index in [1.165, 1.54) is 7.11 Å². The zero-order chi connectivity index (χ0) is 7.11. The van der Waals surface area contributed by atoms with Crippen LogP contribution in [0, 0.1) is 0 Å². The topological polar surface area (TPSA) is 35.5 Å². The Bertz CT molecular complexity index is 80.4. The first-order valence-electron chi connectivity index (χ1n) is 3.02. The third-order valence-electron chi connectivity index (χ3n) is 0.884. The number of unbranched alkanes of at least 4 members (excludes halogenated alkanes) is 1. The highest BCUT2D eigenvalue weighted by molar-refractivity contribution is 5.59. The molecule has 0 heterocycles. The van der Waals surface area contributed by atoms with Crippen LogP contribution in [0.1, 0.15) is 19.8 Å². The molecule has 0 amide bonds. The van der Waals surface area contributed by atoms with Gasteiger partial charge in [0.15, 0.2) is 0 Å². The van der Waals surface area contributed by atoms with Crippen molar-refractivity contribution < 1.29 is 14.3 Å². The number of carbonyl (C=O) groups is 1. The molecule has 0 atom stereocenters. The highest BCUT2D eigenvalue weighted by atomic mass is 16.7.